The van der Waals surface area contributed by atoms with Crippen LogP contribution in [0.15, 0.2) is 12.2 Å². The average molecular weight is 211 g/mol. The van der Waals surface area contributed by atoms with E-state index in [1.807, 2.05) is 0 Å². The molecule has 0 bridgehead atoms. The molecule has 0 saturated carbocycles. The fourth-order valence-corrected chi connectivity index (χ4v) is 2.24. The number of carbonyl (C=O) groups is 2. The Labute approximate surface area is 87.2 Å². The normalized spacial score (nSPS) is 34.8. The van der Waals surface area contributed by atoms with Crippen LogP contribution in [0.5, 0.6) is 0 Å². The number of rotatable bonds is 2. The van der Waals surface area contributed by atoms with Crippen LogP contribution < -0.4 is 0 Å². The van der Waals surface area contributed by atoms with Gasteiger partial charge in [0.05, 0.1) is 11.8 Å². The highest BCUT2D eigenvalue weighted by Gasteiger charge is 2.47. The molecule has 82 valence electrons. The fraction of sp³-hybridized carbons (Fsp3) is 0.600. The first-order valence-corrected chi connectivity index (χ1v) is 5.02. The highest BCUT2D eigenvalue weighted by molar-refractivity contribution is 6.06. The van der Waals surface area contributed by atoms with E-state index in [2.05, 4.69) is 4.89 Å². The van der Waals surface area contributed by atoms with E-state index in [0.29, 0.717) is 13.0 Å². The molecular formula is C10H13NO4. The molecule has 1 N–H and O–H groups in total. The van der Waals surface area contributed by atoms with E-state index in [1.54, 1.807) is 19.1 Å². The molecule has 2 rings (SSSR count). The molecular weight excluding hydrogens is 198 g/mol. The maximum absolute atomic E-state index is 11.8. The van der Waals surface area contributed by atoms with E-state index in [4.69, 9.17) is 5.26 Å². The smallest absolute Gasteiger partial charge is 0.236 e. The van der Waals surface area contributed by atoms with Gasteiger partial charge in [-0.25, -0.2) is 4.89 Å². The number of hydrogen-bond donors (Lipinski definition) is 1. The third kappa shape index (κ3) is 1.48. The summed E-state index contributed by atoms with van der Waals surface area (Å²) in [5.41, 5.74) is 0. The second-order valence-corrected chi connectivity index (χ2v) is 3.82. The SMILES string of the molecule is CCN1C(=O)C2C=C[C@@H](OO)CC2C1=O. The molecule has 15 heavy (non-hydrogen) atoms. The summed E-state index contributed by atoms with van der Waals surface area (Å²) in [5, 5.41) is 8.53. The highest BCUT2D eigenvalue weighted by Crippen LogP contribution is 2.34. The lowest BCUT2D eigenvalue weighted by Gasteiger charge is -2.20. The van der Waals surface area contributed by atoms with Crippen LogP contribution in [0.25, 0.3) is 0 Å². The van der Waals surface area contributed by atoms with Crippen LogP contribution in [0.4, 0.5) is 0 Å². The van der Waals surface area contributed by atoms with Gasteiger partial charge in [-0.2, -0.15) is 0 Å². The van der Waals surface area contributed by atoms with Gasteiger partial charge in [0, 0.05) is 6.54 Å². The maximum Gasteiger partial charge on any atom is 0.236 e. The summed E-state index contributed by atoms with van der Waals surface area (Å²) in [4.78, 5) is 28.9. The Morgan fingerprint density at radius 1 is 1.47 bits per heavy atom. The van der Waals surface area contributed by atoms with Crippen molar-refractivity contribution in [2.45, 2.75) is 19.4 Å². The minimum Gasteiger partial charge on any atom is -0.282 e. The predicted octanol–water partition coefficient (Wildman–Crippen LogP) is 0.426. The molecule has 1 saturated heterocycles. The van der Waals surface area contributed by atoms with Crippen LogP contribution in [0.1, 0.15) is 13.3 Å². The number of hydrogen-bond acceptors (Lipinski definition) is 4. The molecule has 0 spiro atoms. The number of carbonyl (C=O) groups excluding carboxylic acids is 2. The van der Waals surface area contributed by atoms with Crippen LogP contribution in [0.2, 0.25) is 0 Å². The lowest BCUT2D eigenvalue weighted by Crippen LogP contribution is -2.31. The average Bonchev–Trinajstić information content (AvgIpc) is 2.51. The fourth-order valence-electron chi connectivity index (χ4n) is 2.24. The van der Waals surface area contributed by atoms with Crippen molar-refractivity contribution in [1.29, 1.82) is 0 Å². The summed E-state index contributed by atoms with van der Waals surface area (Å²) < 4.78 is 0. The molecule has 0 radical (unpaired) electrons. The Morgan fingerprint density at radius 3 is 2.80 bits per heavy atom. The number of nitrogens with zero attached hydrogens (tertiary/aromatic N) is 1. The van der Waals surface area contributed by atoms with Crippen molar-refractivity contribution in [3.8, 4) is 0 Å². The zero-order valence-electron chi connectivity index (χ0n) is 8.42. The molecule has 5 heteroatoms. The number of amides is 2. The van der Waals surface area contributed by atoms with Crippen molar-refractivity contribution in [3.63, 3.8) is 0 Å². The highest BCUT2D eigenvalue weighted by atomic mass is 17.1. The Morgan fingerprint density at radius 2 is 2.20 bits per heavy atom. The molecule has 0 aromatic carbocycles. The number of fused-ring (bicyclic) bond motifs is 1. The molecule has 1 fully saturated rings. The minimum atomic E-state index is -0.472. The molecule has 1 aliphatic heterocycles. The van der Waals surface area contributed by atoms with Gasteiger partial charge in [-0.15, -0.1) is 0 Å². The third-order valence-corrected chi connectivity index (χ3v) is 3.04. The van der Waals surface area contributed by atoms with Gasteiger partial charge in [-0.05, 0) is 13.3 Å². The predicted molar refractivity (Wildman–Crippen MR) is 50.6 cm³/mol. The molecule has 2 aliphatic rings. The molecule has 2 unspecified atom stereocenters. The lowest BCUT2D eigenvalue weighted by molar-refractivity contribution is -0.269. The van der Waals surface area contributed by atoms with Crippen molar-refractivity contribution in [2.24, 2.45) is 11.8 Å². The molecule has 0 aromatic rings. The number of imide groups is 1. The van der Waals surface area contributed by atoms with E-state index in [1.165, 1.54) is 4.90 Å². The van der Waals surface area contributed by atoms with Crippen LogP contribution in [0.3, 0.4) is 0 Å². The van der Waals surface area contributed by atoms with Gasteiger partial charge in [0.15, 0.2) is 0 Å². The molecule has 1 aliphatic carbocycles. The standard InChI is InChI=1S/C10H13NO4/c1-2-11-9(12)7-4-3-6(15-14)5-8(7)10(11)13/h3-4,6-8,14H,2,5H2,1H3/t6-,7?,8?/m1/s1. The summed E-state index contributed by atoms with van der Waals surface area (Å²) in [6, 6.07) is 0. The van der Waals surface area contributed by atoms with Gasteiger partial charge < -0.3 is 0 Å². The van der Waals surface area contributed by atoms with Crippen molar-refractivity contribution in [3.05, 3.63) is 12.2 Å². The number of likely N-dealkylation sites (tertiary alicyclic amines) is 1. The van der Waals surface area contributed by atoms with Crippen molar-refractivity contribution in [2.75, 3.05) is 6.54 Å². The minimum absolute atomic E-state index is 0.139. The Bertz CT molecular complexity index is 325. The molecule has 2 amide bonds. The largest absolute Gasteiger partial charge is 0.282 e. The summed E-state index contributed by atoms with van der Waals surface area (Å²) in [7, 11) is 0. The topological polar surface area (TPSA) is 66.8 Å². The van der Waals surface area contributed by atoms with Gasteiger partial charge >= 0.3 is 0 Å². The van der Waals surface area contributed by atoms with Gasteiger partial charge in [0.2, 0.25) is 11.8 Å². The van der Waals surface area contributed by atoms with Gasteiger partial charge in [0.1, 0.15) is 6.10 Å². The Balaban J connectivity index is 2.24. The van der Waals surface area contributed by atoms with Crippen LogP contribution in [-0.4, -0.2) is 34.6 Å². The van der Waals surface area contributed by atoms with Crippen LogP contribution in [0, 0.1) is 11.8 Å². The Hall–Kier alpha value is -1.20. The molecule has 0 aromatic heterocycles. The first-order valence-electron chi connectivity index (χ1n) is 5.02. The summed E-state index contributed by atoms with van der Waals surface area (Å²) in [5.74, 6) is -1.01. The first-order chi connectivity index (χ1) is 7.19. The van der Waals surface area contributed by atoms with Crippen molar-refractivity contribution >= 4 is 11.8 Å². The molecule has 5 nitrogen and oxygen atoms in total. The quantitative estimate of drug-likeness (QED) is 0.311. The van der Waals surface area contributed by atoms with Crippen molar-refractivity contribution in [1.82, 2.24) is 4.90 Å². The van der Waals surface area contributed by atoms with E-state index in [-0.39, 0.29) is 23.7 Å². The first kappa shape index (κ1) is 10.3. The maximum atomic E-state index is 11.8. The zero-order valence-corrected chi connectivity index (χ0v) is 8.42. The van der Waals surface area contributed by atoms with E-state index in [0.717, 1.165) is 0 Å². The zero-order chi connectivity index (χ0) is 11.0. The summed E-state index contributed by atoms with van der Waals surface area (Å²) in [6.07, 6.45) is 3.19. The van der Waals surface area contributed by atoms with Crippen LogP contribution >= 0.6 is 0 Å². The molecule has 3 atom stereocenters. The second kappa shape index (κ2) is 3.75. The van der Waals surface area contributed by atoms with Gasteiger partial charge in [0.25, 0.3) is 0 Å². The van der Waals surface area contributed by atoms with E-state index in [9.17, 15) is 9.59 Å². The van der Waals surface area contributed by atoms with E-state index < -0.39 is 6.10 Å². The monoisotopic (exact) mass is 211 g/mol. The molecule has 1 heterocycles. The summed E-state index contributed by atoms with van der Waals surface area (Å²) >= 11 is 0. The Kier molecular flexibility index (Phi) is 2.58. The summed E-state index contributed by atoms with van der Waals surface area (Å²) in [6.45, 7) is 2.18. The third-order valence-electron chi connectivity index (χ3n) is 3.04. The van der Waals surface area contributed by atoms with Gasteiger partial charge in [-0.1, -0.05) is 12.2 Å². The van der Waals surface area contributed by atoms with Crippen LogP contribution in [-0.2, 0) is 14.5 Å². The van der Waals surface area contributed by atoms with Gasteiger partial charge in [-0.3, -0.25) is 19.7 Å². The lowest BCUT2D eigenvalue weighted by atomic mass is 9.85. The van der Waals surface area contributed by atoms with E-state index >= 15 is 0 Å². The second-order valence-electron chi connectivity index (χ2n) is 3.82. The van der Waals surface area contributed by atoms with Crippen molar-refractivity contribution < 1.29 is 19.7 Å².